The van der Waals surface area contributed by atoms with Gasteiger partial charge in [0.05, 0.1) is 11.4 Å². The van der Waals surface area contributed by atoms with Crippen molar-refractivity contribution in [2.45, 2.75) is 13.0 Å². The first-order valence-corrected chi connectivity index (χ1v) is 5.05. The van der Waals surface area contributed by atoms with Crippen LogP contribution in [0.4, 0.5) is 10.1 Å². The van der Waals surface area contributed by atoms with Gasteiger partial charge in [-0.25, -0.2) is 9.38 Å². The van der Waals surface area contributed by atoms with Gasteiger partial charge in [-0.2, -0.15) is 0 Å². The Kier molecular flexibility index (Phi) is 2.97. The second kappa shape index (κ2) is 4.41. The molecule has 0 aromatic heterocycles. The van der Waals surface area contributed by atoms with Crippen LogP contribution in [0.25, 0.3) is 0 Å². The minimum absolute atomic E-state index is 0.347. The number of hydrogen-bond acceptors (Lipinski definition) is 2. The molecular formula is C13H12FNO. The third-order valence-electron chi connectivity index (χ3n) is 2.45. The van der Waals surface area contributed by atoms with Gasteiger partial charge in [0.15, 0.2) is 0 Å². The molecule has 0 heterocycles. The van der Waals surface area contributed by atoms with E-state index in [9.17, 15) is 9.50 Å². The van der Waals surface area contributed by atoms with Gasteiger partial charge >= 0.3 is 0 Å². The second-order valence-corrected chi connectivity index (χ2v) is 3.61. The first-order valence-electron chi connectivity index (χ1n) is 5.05. The van der Waals surface area contributed by atoms with Crippen molar-refractivity contribution in [2.75, 3.05) is 0 Å². The third kappa shape index (κ3) is 2.09. The zero-order chi connectivity index (χ0) is 11.5. The summed E-state index contributed by atoms with van der Waals surface area (Å²) in [7, 11) is 0. The van der Waals surface area contributed by atoms with Crippen molar-refractivity contribution in [3.05, 3.63) is 53.9 Å². The molecule has 0 fully saturated rings. The molecule has 1 atom stereocenters. The zero-order valence-electron chi connectivity index (χ0n) is 8.89. The SMILES string of the molecule is CC1=C(F)C=CC(O)C1=Nc1ccccc1. The average molecular weight is 217 g/mol. The Morgan fingerprint density at radius 1 is 1.25 bits per heavy atom. The second-order valence-electron chi connectivity index (χ2n) is 3.61. The molecule has 1 aliphatic carbocycles. The Balaban J connectivity index is 2.41. The van der Waals surface area contributed by atoms with E-state index in [4.69, 9.17) is 0 Å². The van der Waals surface area contributed by atoms with Crippen LogP contribution in [0.2, 0.25) is 0 Å². The van der Waals surface area contributed by atoms with Crippen LogP contribution >= 0.6 is 0 Å². The molecule has 1 N–H and O–H groups in total. The van der Waals surface area contributed by atoms with Crippen molar-refractivity contribution in [1.82, 2.24) is 0 Å². The Hall–Kier alpha value is -1.74. The molecule has 3 heteroatoms. The van der Waals surface area contributed by atoms with E-state index >= 15 is 0 Å². The molecule has 1 aliphatic rings. The molecule has 0 saturated carbocycles. The maximum absolute atomic E-state index is 13.3. The van der Waals surface area contributed by atoms with Crippen LogP contribution < -0.4 is 0 Å². The summed E-state index contributed by atoms with van der Waals surface area (Å²) in [6.45, 7) is 1.61. The standard InChI is InChI=1S/C13H12FNO/c1-9-11(14)7-8-12(16)13(9)15-10-5-3-2-4-6-10/h2-8,12,16H,1H3. The number of nitrogens with zero attached hydrogens (tertiary/aromatic N) is 1. The van der Waals surface area contributed by atoms with Crippen molar-refractivity contribution in [1.29, 1.82) is 0 Å². The largest absolute Gasteiger partial charge is 0.383 e. The monoisotopic (exact) mass is 217 g/mol. The van der Waals surface area contributed by atoms with Crippen molar-refractivity contribution in [2.24, 2.45) is 4.99 Å². The van der Waals surface area contributed by atoms with Gasteiger partial charge in [0.25, 0.3) is 0 Å². The number of aliphatic hydroxyl groups is 1. The van der Waals surface area contributed by atoms with Gasteiger partial charge in [0.1, 0.15) is 11.9 Å². The lowest BCUT2D eigenvalue weighted by molar-refractivity contribution is 0.287. The molecule has 16 heavy (non-hydrogen) atoms. The maximum atomic E-state index is 13.3. The zero-order valence-corrected chi connectivity index (χ0v) is 8.89. The molecule has 0 radical (unpaired) electrons. The number of benzene rings is 1. The summed E-state index contributed by atoms with van der Waals surface area (Å²) < 4.78 is 13.3. The lowest BCUT2D eigenvalue weighted by Gasteiger charge is -2.15. The minimum Gasteiger partial charge on any atom is -0.383 e. The number of aliphatic hydroxyl groups excluding tert-OH is 1. The fraction of sp³-hybridized carbons (Fsp3) is 0.154. The highest BCUT2D eigenvalue weighted by molar-refractivity contribution is 6.06. The van der Waals surface area contributed by atoms with E-state index in [-0.39, 0.29) is 5.83 Å². The van der Waals surface area contributed by atoms with Crippen molar-refractivity contribution >= 4 is 11.4 Å². The lowest BCUT2D eigenvalue weighted by atomic mass is 10.0. The number of rotatable bonds is 1. The predicted octanol–water partition coefficient (Wildman–Crippen LogP) is 2.93. The number of aliphatic imine (C=N–C) groups is 1. The van der Waals surface area contributed by atoms with Crippen molar-refractivity contribution in [3.8, 4) is 0 Å². The van der Waals surface area contributed by atoms with Crippen LogP contribution in [0.3, 0.4) is 0 Å². The maximum Gasteiger partial charge on any atom is 0.127 e. The van der Waals surface area contributed by atoms with Crippen molar-refractivity contribution in [3.63, 3.8) is 0 Å². The molecule has 0 amide bonds. The molecular weight excluding hydrogens is 205 g/mol. The van der Waals surface area contributed by atoms with Crippen LogP contribution in [-0.2, 0) is 0 Å². The Bertz CT molecular complexity index is 474. The summed E-state index contributed by atoms with van der Waals surface area (Å²) in [5, 5.41) is 9.70. The molecule has 0 bridgehead atoms. The quantitative estimate of drug-likeness (QED) is 0.770. The van der Waals surface area contributed by atoms with Crippen LogP contribution in [0.15, 0.2) is 58.9 Å². The van der Waals surface area contributed by atoms with Crippen LogP contribution in [0.5, 0.6) is 0 Å². The van der Waals surface area contributed by atoms with Crippen LogP contribution in [0.1, 0.15) is 6.92 Å². The molecule has 2 rings (SSSR count). The first-order chi connectivity index (χ1) is 7.68. The highest BCUT2D eigenvalue weighted by Crippen LogP contribution is 2.21. The number of para-hydroxylation sites is 1. The van der Waals surface area contributed by atoms with Gasteiger partial charge < -0.3 is 5.11 Å². The number of allylic oxidation sites excluding steroid dienone is 2. The predicted molar refractivity (Wildman–Crippen MR) is 62.5 cm³/mol. The normalized spacial score (nSPS) is 22.9. The van der Waals surface area contributed by atoms with Crippen molar-refractivity contribution < 1.29 is 9.50 Å². The van der Waals surface area contributed by atoms with E-state index < -0.39 is 6.10 Å². The fourth-order valence-electron chi connectivity index (χ4n) is 1.53. The summed E-state index contributed by atoms with van der Waals surface area (Å²) >= 11 is 0. The van der Waals surface area contributed by atoms with E-state index in [2.05, 4.69) is 4.99 Å². The summed E-state index contributed by atoms with van der Waals surface area (Å²) in [5.74, 6) is -0.347. The molecule has 1 aromatic rings. The topological polar surface area (TPSA) is 32.6 Å². The minimum atomic E-state index is -0.834. The number of halogens is 1. The summed E-state index contributed by atoms with van der Waals surface area (Å²) in [4.78, 5) is 4.25. The van der Waals surface area contributed by atoms with E-state index in [0.717, 1.165) is 0 Å². The highest BCUT2D eigenvalue weighted by atomic mass is 19.1. The molecule has 1 aromatic carbocycles. The van der Waals surface area contributed by atoms with Crippen LogP contribution in [0, 0.1) is 0 Å². The van der Waals surface area contributed by atoms with Crippen LogP contribution in [-0.4, -0.2) is 16.9 Å². The first kappa shape index (κ1) is 10.8. The Morgan fingerprint density at radius 3 is 2.62 bits per heavy atom. The molecule has 2 nitrogen and oxygen atoms in total. The van der Waals surface area contributed by atoms with E-state index in [1.165, 1.54) is 12.2 Å². The average Bonchev–Trinajstić information content (AvgIpc) is 2.31. The summed E-state index contributed by atoms with van der Waals surface area (Å²) in [6, 6.07) is 9.19. The molecule has 1 unspecified atom stereocenters. The summed E-state index contributed by atoms with van der Waals surface area (Å²) in [6.07, 6.45) is 1.83. The summed E-state index contributed by atoms with van der Waals surface area (Å²) in [5.41, 5.74) is 1.46. The fourth-order valence-corrected chi connectivity index (χ4v) is 1.53. The van der Waals surface area contributed by atoms with Gasteiger partial charge in [-0.05, 0) is 31.2 Å². The van der Waals surface area contributed by atoms with Gasteiger partial charge in [0.2, 0.25) is 0 Å². The smallest absolute Gasteiger partial charge is 0.127 e. The van der Waals surface area contributed by atoms with E-state index in [1.807, 2.05) is 30.3 Å². The molecule has 0 aliphatic heterocycles. The van der Waals surface area contributed by atoms with E-state index in [1.54, 1.807) is 6.92 Å². The van der Waals surface area contributed by atoms with E-state index in [0.29, 0.717) is 17.0 Å². The Morgan fingerprint density at radius 2 is 1.94 bits per heavy atom. The molecule has 0 saturated heterocycles. The third-order valence-corrected chi connectivity index (χ3v) is 2.45. The number of hydrogen-bond donors (Lipinski definition) is 1. The van der Waals surface area contributed by atoms with Gasteiger partial charge in [-0.3, -0.25) is 0 Å². The highest BCUT2D eigenvalue weighted by Gasteiger charge is 2.19. The molecule has 0 spiro atoms. The molecule has 82 valence electrons. The van der Waals surface area contributed by atoms with Gasteiger partial charge in [-0.1, -0.05) is 18.2 Å². The van der Waals surface area contributed by atoms with Gasteiger partial charge in [-0.15, -0.1) is 0 Å². The lowest BCUT2D eigenvalue weighted by Crippen LogP contribution is -2.22. The van der Waals surface area contributed by atoms with Gasteiger partial charge in [0, 0.05) is 5.57 Å². The Labute approximate surface area is 93.5 Å².